The standard InChI is InChI=1S/C18H12N4O6/c23-18(13-4-2-6-15(10-13)22(26)27)20-19-11-16-7-8-17(28-16)12-3-1-5-14(9-12)21(24)25/h1-11H,(H,20,23). The van der Waals surface area contributed by atoms with E-state index in [-0.39, 0.29) is 16.9 Å². The first-order valence-electron chi connectivity index (χ1n) is 7.86. The smallest absolute Gasteiger partial charge is 0.271 e. The van der Waals surface area contributed by atoms with Crippen LogP contribution in [0.5, 0.6) is 0 Å². The second-order valence-corrected chi connectivity index (χ2v) is 5.52. The third kappa shape index (κ3) is 4.25. The molecule has 0 bridgehead atoms. The molecule has 0 saturated carbocycles. The van der Waals surface area contributed by atoms with Gasteiger partial charge in [-0.15, -0.1) is 0 Å². The zero-order valence-electron chi connectivity index (χ0n) is 14.1. The molecule has 3 rings (SSSR count). The summed E-state index contributed by atoms with van der Waals surface area (Å²) < 4.78 is 5.53. The average Bonchev–Trinajstić information content (AvgIpc) is 3.17. The summed E-state index contributed by atoms with van der Waals surface area (Å²) in [6.07, 6.45) is 1.25. The van der Waals surface area contributed by atoms with Gasteiger partial charge in [0.15, 0.2) is 0 Å². The fourth-order valence-corrected chi connectivity index (χ4v) is 2.33. The van der Waals surface area contributed by atoms with E-state index in [1.54, 1.807) is 24.3 Å². The maximum absolute atomic E-state index is 12.0. The molecule has 0 radical (unpaired) electrons. The molecule has 1 aromatic heterocycles. The zero-order valence-corrected chi connectivity index (χ0v) is 14.1. The SMILES string of the molecule is O=C(NN=Cc1ccc(-c2cccc([N+](=O)[O-])c2)o1)c1cccc([N+](=O)[O-])c1. The van der Waals surface area contributed by atoms with Gasteiger partial charge in [0.25, 0.3) is 17.3 Å². The first-order chi connectivity index (χ1) is 13.4. The van der Waals surface area contributed by atoms with Crippen LogP contribution in [-0.4, -0.2) is 22.0 Å². The van der Waals surface area contributed by atoms with Gasteiger partial charge in [-0.1, -0.05) is 18.2 Å². The largest absolute Gasteiger partial charge is 0.455 e. The van der Waals surface area contributed by atoms with E-state index in [1.165, 1.54) is 36.5 Å². The van der Waals surface area contributed by atoms with Crippen LogP contribution in [0.4, 0.5) is 11.4 Å². The Labute approximate surface area is 157 Å². The van der Waals surface area contributed by atoms with Crippen LogP contribution in [0.1, 0.15) is 16.1 Å². The van der Waals surface area contributed by atoms with Crippen molar-refractivity contribution in [3.63, 3.8) is 0 Å². The monoisotopic (exact) mass is 380 g/mol. The van der Waals surface area contributed by atoms with Gasteiger partial charge in [0.05, 0.1) is 16.1 Å². The predicted octanol–water partition coefficient (Wildman–Crippen LogP) is 3.53. The highest BCUT2D eigenvalue weighted by Crippen LogP contribution is 2.25. The number of amides is 1. The molecule has 0 aliphatic rings. The molecule has 0 aliphatic carbocycles. The van der Waals surface area contributed by atoms with Gasteiger partial charge in [0.2, 0.25) is 0 Å². The summed E-state index contributed by atoms with van der Waals surface area (Å²) in [7, 11) is 0. The number of hydrogen-bond acceptors (Lipinski definition) is 7. The van der Waals surface area contributed by atoms with Crippen molar-refractivity contribution in [1.29, 1.82) is 0 Å². The number of hydrazone groups is 1. The van der Waals surface area contributed by atoms with E-state index in [2.05, 4.69) is 10.5 Å². The number of carbonyl (C=O) groups is 1. The highest BCUT2D eigenvalue weighted by atomic mass is 16.6. The second kappa shape index (κ2) is 7.91. The van der Waals surface area contributed by atoms with Gasteiger partial charge in [-0.25, -0.2) is 5.43 Å². The van der Waals surface area contributed by atoms with E-state index in [9.17, 15) is 25.0 Å². The number of nitrogens with zero attached hydrogens (tertiary/aromatic N) is 3. The third-order valence-corrected chi connectivity index (χ3v) is 3.65. The summed E-state index contributed by atoms with van der Waals surface area (Å²) in [6.45, 7) is 0. The quantitative estimate of drug-likeness (QED) is 0.394. The summed E-state index contributed by atoms with van der Waals surface area (Å²) in [4.78, 5) is 32.5. The van der Waals surface area contributed by atoms with Crippen LogP contribution in [0.25, 0.3) is 11.3 Å². The molecule has 0 atom stereocenters. The van der Waals surface area contributed by atoms with E-state index in [0.717, 1.165) is 6.07 Å². The molecule has 0 fully saturated rings. The number of nitro groups is 2. The van der Waals surface area contributed by atoms with E-state index < -0.39 is 15.8 Å². The van der Waals surface area contributed by atoms with Crippen molar-refractivity contribution in [2.75, 3.05) is 0 Å². The molecule has 10 nitrogen and oxygen atoms in total. The van der Waals surface area contributed by atoms with Crippen LogP contribution < -0.4 is 5.43 Å². The lowest BCUT2D eigenvalue weighted by atomic mass is 10.1. The van der Waals surface area contributed by atoms with E-state index in [4.69, 9.17) is 4.42 Å². The van der Waals surface area contributed by atoms with Crippen molar-refractivity contribution in [2.24, 2.45) is 5.10 Å². The van der Waals surface area contributed by atoms with Crippen LogP contribution in [0.15, 0.2) is 70.2 Å². The number of hydrogen-bond donors (Lipinski definition) is 1. The lowest BCUT2D eigenvalue weighted by molar-refractivity contribution is -0.385. The first-order valence-corrected chi connectivity index (χ1v) is 7.86. The molecule has 1 amide bonds. The Kier molecular flexibility index (Phi) is 5.21. The second-order valence-electron chi connectivity index (χ2n) is 5.52. The predicted molar refractivity (Wildman–Crippen MR) is 99.0 cm³/mol. The number of carbonyl (C=O) groups excluding carboxylic acids is 1. The third-order valence-electron chi connectivity index (χ3n) is 3.65. The van der Waals surface area contributed by atoms with E-state index in [0.29, 0.717) is 17.1 Å². The van der Waals surface area contributed by atoms with E-state index in [1.807, 2.05) is 0 Å². The average molecular weight is 380 g/mol. The Bertz CT molecular complexity index is 1090. The lowest BCUT2D eigenvalue weighted by Crippen LogP contribution is -2.17. The van der Waals surface area contributed by atoms with Crippen LogP contribution in [-0.2, 0) is 0 Å². The molecule has 2 aromatic carbocycles. The summed E-state index contributed by atoms with van der Waals surface area (Å²) in [5.74, 6) is 0.0847. The summed E-state index contributed by atoms with van der Waals surface area (Å²) in [6, 6.07) is 14.4. The minimum absolute atomic E-state index is 0.0617. The van der Waals surface area contributed by atoms with Crippen molar-refractivity contribution in [1.82, 2.24) is 5.43 Å². The minimum atomic E-state index is -0.620. The number of nitrogens with one attached hydrogen (secondary N) is 1. The van der Waals surface area contributed by atoms with Crippen LogP contribution in [0.2, 0.25) is 0 Å². The van der Waals surface area contributed by atoms with Gasteiger partial charge < -0.3 is 4.42 Å². The lowest BCUT2D eigenvalue weighted by Gasteiger charge is -1.99. The molecule has 140 valence electrons. The van der Waals surface area contributed by atoms with Gasteiger partial charge in [-0.05, 0) is 18.2 Å². The molecule has 3 aromatic rings. The number of furan rings is 1. The first kappa shape index (κ1) is 18.5. The van der Waals surface area contributed by atoms with Crippen molar-refractivity contribution in [3.05, 3.63) is 92.2 Å². The summed E-state index contributed by atoms with van der Waals surface area (Å²) >= 11 is 0. The van der Waals surface area contributed by atoms with Gasteiger partial charge in [0, 0.05) is 35.4 Å². The molecule has 0 saturated heterocycles. The summed E-state index contributed by atoms with van der Waals surface area (Å²) in [5, 5.41) is 25.3. The normalized spacial score (nSPS) is 10.7. The maximum atomic E-state index is 12.0. The molecular weight excluding hydrogens is 368 g/mol. The topological polar surface area (TPSA) is 141 Å². The Morgan fingerprint density at radius 3 is 2.36 bits per heavy atom. The highest BCUT2D eigenvalue weighted by Gasteiger charge is 2.11. The van der Waals surface area contributed by atoms with Crippen molar-refractivity contribution >= 4 is 23.5 Å². The van der Waals surface area contributed by atoms with Crippen LogP contribution in [0, 0.1) is 20.2 Å². The van der Waals surface area contributed by atoms with Crippen LogP contribution in [0.3, 0.4) is 0 Å². The molecular formula is C18H12N4O6. The Balaban J connectivity index is 1.68. The number of benzene rings is 2. The van der Waals surface area contributed by atoms with Crippen molar-refractivity contribution < 1.29 is 19.1 Å². The molecule has 28 heavy (non-hydrogen) atoms. The highest BCUT2D eigenvalue weighted by molar-refractivity contribution is 5.95. The van der Waals surface area contributed by atoms with Crippen LogP contribution >= 0.6 is 0 Å². The minimum Gasteiger partial charge on any atom is -0.455 e. The zero-order chi connectivity index (χ0) is 20.1. The Hall–Kier alpha value is -4.34. The molecule has 10 heteroatoms. The Morgan fingerprint density at radius 1 is 0.964 bits per heavy atom. The number of non-ortho nitro benzene ring substituents is 2. The van der Waals surface area contributed by atoms with Crippen molar-refractivity contribution in [3.8, 4) is 11.3 Å². The molecule has 0 aliphatic heterocycles. The van der Waals surface area contributed by atoms with Gasteiger partial charge in [-0.2, -0.15) is 5.10 Å². The molecule has 1 N–H and O–H groups in total. The molecule has 1 heterocycles. The number of nitro benzene ring substituents is 2. The van der Waals surface area contributed by atoms with Gasteiger partial charge >= 0.3 is 0 Å². The van der Waals surface area contributed by atoms with E-state index >= 15 is 0 Å². The fourth-order valence-electron chi connectivity index (χ4n) is 2.33. The van der Waals surface area contributed by atoms with Crippen molar-refractivity contribution in [2.45, 2.75) is 0 Å². The van der Waals surface area contributed by atoms with Gasteiger partial charge in [-0.3, -0.25) is 25.0 Å². The number of rotatable bonds is 6. The maximum Gasteiger partial charge on any atom is 0.271 e. The Morgan fingerprint density at radius 2 is 1.64 bits per heavy atom. The summed E-state index contributed by atoms with van der Waals surface area (Å²) in [5.41, 5.74) is 2.59. The fraction of sp³-hybridized carbons (Fsp3) is 0. The molecule has 0 spiro atoms. The molecule has 0 unspecified atom stereocenters. The van der Waals surface area contributed by atoms with Gasteiger partial charge in [0.1, 0.15) is 11.5 Å².